The maximum Gasteiger partial charge on any atom is 0.271 e. The van der Waals surface area contributed by atoms with Crippen LogP contribution in [0.1, 0.15) is 10.4 Å². The lowest BCUT2D eigenvalue weighted by atomic mass is 10.2. The van der Waals surface area contributed by atoms with Gasteiger partial charge < -0.3 is 10.1 Å². The Bertz CT molecular complexity index is 1130. The van der Waals surface area contributed by atoms with Gasteiger partial charge in [0.25, 0.3) is 15.9 Å². The van der Waals surface area contributed by atoms with E-state index in [9.17, 15) is 13.2 Å². The molecule has 2 heterocycles. The van der Waals surface area contributed by atoms with Gasteiger partial charge >= 0.3 is 0 Å². The Morgan fingerprint density at radius 1 is 1.21 bits per heavy atom. The number of sulfonamides is 1. The Balaban J connectivity index is 1.73. The fourth-order valence-electron chi connectivity index (χ4n) is 2.26. The molecule has 0 unspecified atom stereocenters. The minimum absolute atomic E-state index is 0.144. The molecule has 1 aromatic carbocycles. The summed E-state index contributed by atoms with van der Waals surface area (Å²) in [6.45, 7) is 3.88. The predicted molar refractivity (Wildman–Crippen MR) is 116 cm³/mol. The second kappa shape index (κ2) is 9.21. The minimum Gasteiger partial charge on any atom is -0.438 e. The summed E-state index contributed by atoms with van der Waals surface area (Å²) in [6.07, 6.45) is 3.09. The smallest absolute Gasteiger partial charge is 0.271 e. The van der Waals surface area contributed by atoms with Gasteiger partial charge in [0.05, 0.1) is 3.79 Å². The van der Waals surface area contributed by atoms with Gasteiger partial charge in [-0.1, -0.05) is 6.08 Å². The van der Waals surface area contributed by atoms with Crippen LogP contribution in [0.2, 0.25) is 0 Å². The fourth-order valence-corrected chi connectivity index (χ4v) is 5.32. The number of halogens is 1. The standard InChI is InChI=1S/C19H16BrN3O4S2/c1-2-11-21-18(24)15-4-3-12-22-19(15)27-14-7-5-13(6-8-14)23-29(25,26)17-10-9-16(20)28-17/h2-10,12,23H,1,11H2,(H,21,24). The normalized spacial score (nSPS) is 10.9. The number of pyridine rings is 1. The van der Waals surface area contributed by atoms with E-state index in [0.29, 0.717) is 18.0 Å². The number of anilines is 1. The molecular weight excluding hydrogens is 478 g/mol. The topological polar surface area (TPSA) is 97.4 Å². The van der Waals surface area contributed by atoms with Crippen molar-refractivity contribution < 1.29 is 17.9 Å². The van der Waals surface area contributed by atoms with E-state index in [-0.39, 0.29) is 21.6 Å². The first-order chi connectivity index (χ1) is 13.9. The van der Waals surface area contributed by atoms with Crippen molar-refractivity contribution in [1.82, 2.24) is 10.3 Å². The van der Waals surface area contributed by atoms with E-state index in [1.807, 2.05) is 0 Å². The van der Waals surface area contributed by atoms with Gasteiger partial charge in [0, 0.05) is 18.4 Å². The van der Waals surface area contributed by atoms with Crippen molar-refractivity contribution in [3.05, 3.63) is 76.7 Å². The lowest BCUT2D eigenvalue weighted by molar-refractivity contribution is 0.0955. The summed E-state index contributed by atoms with van der Waals surface area (Å²) in [4.78, 5) is 16.3. The number of benzene rings is 1. The van der Waals surface area contributed by atoms with Crippen LogP contribution in [0.15, 0.2) is 75.4 Å². The van der Waals surface area contributed by atoms with Crippen LogP contribution in [0.3, 0.4) is 0 Å². The lowest BCUT2D eigenvalue weighted by Gasteiger charge is -2.11. The lowest BCUT2D eigenvalue weighted by Crippen LogP contribution is -2.23. The van der Waals surface area contributed by atoms with E-state index in [2.05, 4.69) is 37.5 Å². The monoisotopic (exact) mass is 493 g/mol. The highest BCUT2D eigenvalue weighted by molar-refractivity contribution is 9.11. The SMILES string of the molecule is C=CCNC(=O)c1cccnc1Oc1ccc(NS(=O)(=O)c2ccc(Br)s2)cc1. The first-order valence-electron chi connectivity index (χ1n) is 8.29. The van der Waals surface area contributed by atoms with E-state index >= 15 is 0 Å². The Labute approximate surface area is 180 Å². The highest BCUT2D eigenvalue weighted by atomic mass is 79.9. The Hall–Kier alpha value is -2.69. The van der Waals surface area contributed by atoms with Gasteiger partial charge in [0.15, 0.2) is 0 Å². The highest BCUT2D eigenvalue weighted by Crippen LogP contribution is 2.29. The number of amides is 1. The van der Waals surface area contributed by atoms with Gasteiger partial charge in [-0.05, 0) is 64.5 Å². The molecule has 0 bridgehead atoms. The molecule has 0 fully saturated rings. The van der Waals surface area contributed by atoms with Crippen LogP contribution in [0.25, 0.3) is 0 Å². The molecule has 0 saturated heterocycles. The average molecular weight is 494 g/mol. The summed E-state index contributed by atoms with van der Waals surface area (Å²) in [5, 5.41) is 2.67. The summed E-state index contributed by atoms with van der Waals surface area (Å²) in [6, 6.07) is 12.7. The van der Waals surface area contributed by atoms with Crippen LogP contribution in [0, 0.1) is 0 Å². The zero-order chi connectivity index (χ0) is 20.9. The van der Waals surface area contributed by atoms with Crippen LogP contribution < -0.4 is 14.8 Å². The van der Waals surface area contributed by atoms with E-state index in [1.165, 1.54) is 12.3 Å². The number of hydrogen-bond acceptors (Lipinski definition) is 6. The summed E-state index contributed by atoms with van der Waals surface area (Å²) in [7, 11) is -3.67. The molecule has 150 valence electrons. The largest absolute Gasteiger partial charge is 0.438 e. The molecule has 0 aliphatic rings. The maximum absolute atomic E-state index is 12.4. The van der Waals surface area contributed by atoms with Gasteiger partial charge in [-0.25, -0.2) is 13.4 Å². The van der Waals surface area contributed by atoms with Crippen LogP contribution >= 0.6 is 27.3 Å². The molecule has 0 aliphatic carbocycles. The summed E-state index contributed by atoms with van der Waals surface area (Å²) in [5.74, 6) is 0.216. The van der Waals surface area contributed by atoms with Crippen molar-refractivity contribution in [1.29, 1.82) is 0 Å². The predicted octanol–water partition coefficient (Wildman–Crippen LogP) is 4.41. The fraction of sp³-hybridized carbons (Fsp3) is 0.0526. The Kier molecular flexibility index (Phi) is 6.68. The molecule has 10 heteroatoms. The molecule has 3 aromatic rings. The zero-order valence-corrected chi connectivity index (χ0v) is 18.2. The van der Waals surface area contributed by atoms with Gasteiger partial charge in [-0.3, -0.25) is 9.52 Å². The summed E-state index contributed by atoms with van der Waals surface area (Å²) in [5.41, 5.74) is 0.661. The third kappa shape index (κ3) is 5.43. The number of aromatic nitrogens is 1. The molecule has 7 nitrogen and oxygen atoms in total. The number of rotatable bonds is 8. The van der Waals surface area contributed by atoms with Crippen LogP contribution in [0.5, 0.6) is 11.6 Å². The maximum atomic E-state index is 12.4. The van der Waals surface area contributed by atoms with Crippen LogP contribution in [-0.4, -0.2) is 25.9 Å². The number of carbonyl (C=O) groups is 1. The van der Waals surface area contributed by atoms with Crippen molar-refractivity contribution >= 4 is 48.9 Å². The minimum atomic E-state index is -3.67. The highest BCUT2D eigenvalue weighted by Gasteiger charge is 2.17. The van der Waals surface area contributed by atoms with Gasteiger partial charge in [-0.15, -0.1) is 17.9 Å². The van der Waals surface area contributed by atoms with Crippen molar-refractivity contribution in [2.75, 3.05) is 11.3 Å². The molecule has 1 amide bonds. The molecule has 0 atom stereocenters. The Morgan fingerprint density at radius 3 is 2.62 bits per heavy atom. The molecule has 3 rings (SSSR count). The zero-order valence-electron chi connectivity index (χ0n) is 15.0. The average Bonchev–Trinajstić information content (AvgIpc) is 3.15. The van der Waals surface area contributed by atoms with E-state index in [4.69, 9.17) is 4.74 Å². The van der Waals surface area contributed by atoms with Crippen molar-refractivity contribution in [3.63, 3.8) is 0 Å². The van der Waals surface area contributed by atoms with Crippen molar-refractivity contribution in [3.8, 4) is 11.6 Å². The summed E-state index contributed by atoms with van der Waals surface area (Å²) >= 11 is 4.37. The van der Waals surface area contributed by atoms with Gasteiger partial charge in [0.2, 0.25) is 5.88 Å². The second-order valence-electron chi connectivity index (χ2n) is 5.65. The van der Waals surface area contributed by atoms with Gasteiger partial charge in [-0.2, -0.15) is 0 Å². The first-order valence-corrected chi connectivity index (χ1v) is 11.4. The van der Waals surface area contributed by atoms with E-state index in [0.717, 1.165) is 15.1 Å². The number of nitrogens with one attached hydrogen (secondary N) is 2. The molecule has 29 heavy (non-hydrogen) atoms. The first kappa shape index (κ1) is 21.0. The number of carbonyl (C=O) groups excluding carboxylic acids is 1. The van der Waals surface area contributed by atoms with E-state index < -0.39 is 10.0 Å². The van der Waals surface area contributed by atoms with Crippen LogP contribution in [0.4, 0.5) is 5.69 Å². The molecule has 2 aromatic heterocycles. The van der Waals surface area contributed by atoms with Crippen molar-refractivity contribution in [2.45, 2.75) is 4.21 Å². The number of thiophene rings is 1. The molecular formula is C19H16BrN3O4S2. The third-order valence-corrected chi connectivity index (χ3v) is 7.05. The van der Waals surface area contributed by atoms with Crippen LogP contribution in [-0.2, 0) is 10.0 Å². The van der Waals surface area contributed by atoms with Crippen molar-refractivity contribution in [2.24, 2.45) is 0 Å². The number of nitrogens with zero attached hydrogens (tertiary/aromatic N) is 1. The second-order valence-corrected chi connectivity index (χ2v) is 10.0. The van der Waals surface area contributed by atoms with Gasteiger partial charge in [0.1, 0.15) is 15.5 Å². The quantitative estimate of drug-likeness (QED) is 0.452. The molecule has 0 spiro atoms. The van der Waals surface area contributed by atoms with E-state index in [1.54, 1.807) is 48.5 Å². The Morgan fingerprint density at radius 2 is 1.97 bits per heavy atom. The molecule has 2 N–H and O–H groups in total. The summed E-state index contributed by atoms with van der Waals surface area (Å²) < 4.78 is 33.9. The molecule has 0 saturated carbocycles. The molecule has 0 aliphatic heterocycles. The molecule has 0 radical (unpaired) electrons. The number of ether oxygens (including phenoxy) is 1. The third-order valence-electron chi connectivity index (χ3n) is 3.56. The number of hydrogen-bond donors (Lipinski definition) is 2.